The highest BCUT2D eigenvalue weighted by Gasteiger charge is 2.46. The first kappa shape index (κ1) is 21.2. The van der Waals surface area contributed by atoms with E-state index in [1.54, 1.807) is 24.3 Å². The highest BCUT2D eigenvalue weighted by atomic mass is 35.5. The average Bonchev–Trinajstić information content (AvgIpc) is 2.93. The number of ketones is 1. The summed E-state index contributed by atoms with van der Waals surface area (Å²) in [6.07, 6.45) is 0. The number of carbonyl (C=O) groups is 2. The summed E-state index contributed by atoms with van der Waals surface area (Å²) in [7, 11) is 3.72. The molecular weight excluding hydrogens is 415 g/mol. The first-order chi connectivity index (χ1) is 13.7. The number of phenolic OH excluding ortho intramolecular Hbond substituents is 1. The van der Waals surface area contributed by atoms with Crippen LogP contribution in [-0.4, -0.2) is 58.9 Å². The fourth-order valence-corrected chi connectivity index (χ4v) is 3.55. The number of hydrogen-bond donors (Lipinski definition) is 2. The number of Topliss-reactive ketones (excluding diaryl/α,β-unsaturated/α-hetero) is 1. The van der Waals surface area contributed by atoms with Crippen molar-refractivity contribution in [3.05, 3.63) is 69.2 Å². The smallest absolute Gasteiger partial charge is 0.295 e. The van der Waals surface area contributed by atoms with Crippen molar-refractivity contribution in [1.82, 2.24) is 9.80 Å². The van der Waals surface area contributed by atoms with E-state index in [0.717, 1.165) is 0 Å². The van der Waals surface area contributed by atoms with Crippen LogP contribution in [0, 0.1) is 0 Å². The number of likely N-dealkylation sites (tertiary alicyclic amines) is 1. The van der Waals surface area contributed by atoms with E-state index in [1.807, 2.05) is 19.0 Å². The van der Waals surface area contributed by atoms with Crippen molar-refractivity contribution in [2.24, 2.45) is 0 Å². The van der Waals surface area contributed by atoms with Gasteiger partial charge in [0.1, 0.15) is 11.5 Å². The molecule has 1 amide bonds. The van der Waals surface area contributed by atoms with Crippen molar-refractivity contribution < 1.29 is 19.8 Å². The number of carbonyl (C=O) groups excluding carboxylic acids is 2. The lowest BCUT2D eigenvalue weighted by Crippen LogP contribution is -2.35. The molecule has 0 spiro atoms. The maximum Gasteiger partial charge on any atom is 0.295 e. The van der Waals surface area contributed by atoms with E-state index in [1.165, 1.54) is 23.1 Å². The van der Waals surface area contributed by atoms with E-state index in [4.69, 9.17) is 23.2 Å². The molecule has 1 aliphatic heterocycles. The third-order valence-corrected chi connectivity index (χ3v) is 5.21. The van der Waals surface area contributed by atoms with Gasteiger partial charge in [0.05, 0.1) is 17.2 Å². The highest BCUT2D eigenvalue weighted by molar-refractivity contribution is 6.46. The number of aromatic hydroxyl groups is 1. The molecule has 152 valence electrons. The fourth-order valence-electron chi connectivity index (χ4n) is 3.25. The lowest BCUT2D eigenvalue weighted by molar-refractivity contribution is -0.140. The van der Waals surface area contributed by atoms with Crippen LogP contribution >= 0.6 is 23.2 Å². The molecule has 3 rings (SSSR count). The number of hydrogen-bond acceptors (Lipinski definition) is 5. The molecule has 1 heterocycles. The molecule has 6 nitrogen and oxygen atoms in total. The highest BCUT2D eigenvalue weighted by Crippen LogP contribution is 2.41. The topological polar surface area (TPSA) is 81.1 Å². The molecule has 29 heavy (non-hydrogen) atoms. The van der Waals surface area contributed by atoms with Crippen LogP contribution in [0.15, 0.2) is 48.0 Å². The van der Waals surface area contributed by atoms with Crippen molar-refractivity contribution in [2.75, 3.05) is 27.2 Å². The SMILES string of the molecule is CN(C)CCN1C(=O)C(=O)C(=C(O)c2cc(Cl)ccc2O)C1c1ccc(Cl)cc1. The van der Waals surface area contributed by atoms with Gasteiger partial charge in [0.25, 0.3) is 11.7 Å². The predicted molar refractivity (Wildman–Crippen MR) is 112 cm³/mol. The van der Waals surface area contributed by atoms with Gasteiger partial charge in [0, 0.05) is 23.1 Å². The fraction of sp³-hybridized carbons (Fsp3) is 0.238. The molecule has 1 saturated heterocycles. The van der Waals surface area contributed by atoms with E-state index < -0.39 is 23.5 Å². The molecule has 0 saturated carbocycles. The van der Waals surface area contributed by atoms with Crippen molar-refractivity contribution in [3.63, 3.8) is 0 Å². The van der Waals surface area contributed by atoms with Gasteiger partial charge < -0.3 is 20.0 Å². The summed E-state index contributed by atoms with van der Waals surface area (Å²) in [5.41, 5.74) is 0.506. The number of likely N-dealkylation sites (N-methyl/N-ethyl adjacent to an activating group) is 1. The predicted octanol–water partition coefficient (Wildman–Crippen LogP) is 3.68. The Hall–Kier alpha value is -2.54. The molecule has 0 aromatic heterocycles. The van der Waals surface area contributed by atoms with Gasteiger partial charge >= 0.3 is 0 Å². The van der Waals surface area contributed by atoms with Crippen LogP contribution < -0.4 is 0 Å². The summed E-state index contributed by atoms with van der Waals surface area (Å²) in [4.78, 5) is 28.9. The van der Waals surface area contributed by atoms with Crippen molar-refractivity contribution in [3.8, 4) is 5.75 Å². The van der Waals surface area contributed by atoms with Gasteiger partial charge in [0.2, 0.25) is 0 Å². The number of phenols is 1. The second kappa shape index (κ2) is 8.45. The quantitative estimate of drug-likeness (QED) is 0.426. The van der Waals surface area contributed by atoms with Crippen LogP contribution in [0.3, 0.4) is 0 Å². The summed E-state index contributed by atoms with van der Waals surface area (Å²) >= 11 is 12.0. The molecule has 0 bridgehead atoms. The zero-order valence-corrected chi connectivity index (χ0v) is 17.4. The number of aliphatic hydroxyl groups is 1. The van der Waals surface area contributed by atoms with Crippen LogP contribution in [0.5, 0.6) is 5.75 Å². The number of nitrogens with zero attached hydrogens (tertiary/aromatic N) is 2. The Morgan fingerprint density at radius 3 is 2.31 bits per heavy atom. The Morgan fingerprint density at radius 1 is 1.07 bits per heavy atom. The molecule has 1 atom stereocenters. The van der Waals surface area contributed by atoms with Gasteiger partial charge in [-0.05, 0) is 50.0 Å². The van der Waals surface area contributed by atoms with E-state index in [9.17, 15) is 19.8 Å². The summed E-state index contributed by atoms with van der Waals surface area (Å²) < 4.78 is 0. The Balaban J connectivity index is 2.19. The first-order valence-electron chi connectivity index (χ1n) is 8.88. The summed E-state index contributed by atoms with van der Waals surface area (Å²) in [5.74, 6) is -2.26. The summed E-state index contributed by atoms with van der Waals surface area (Å²) in [6, 6.07) is 10.0. The Kier molecular flexibility index (Phi) is 6.17. The molecule has 0 radical (unpaired) electrons. The largest absolute Gasteiger partial charge is 0.507 e. The van der Waals surface area contributed by atoms with Crippen molar-refractivity contribution >= 4 is 40.7 Å². The average molecular weight is 435 g/mol. The third-order valence-electron chi connectivity index (χ3n) is 4.73. The zero-order chi connectivity index (χ0) is 21.3. The Bertz CT molecular complexity index is 987. The van der Waals surface area contributed by atoms with Crippen LogP contribution in [0.4, 0.5) is 0 Å². The molecular formula is C21H20Cl2N2O4. The standard InChI is InChI=1S/C21H20Cl2N2O4/c1-24(2)9-10-25-18(12-3-5-13(22)6-4-12)17(20(28)21(25)29)19(27)15-11-14(23)7-8-16(15)26/h3-8,11,18,26-27H,9-10H2,1-2H3. The van der Waals surface area contributed by atoms with Crippen LogP contribution in [0.1, 0.15) is 17.2 Å². The monoisotopic (exact) mass is 434 g/mol. The number of rotatable bonds is 5. The molecule has 2 N–H and O–H groups in total. The molecule has 1 fully saturated rings. The summed E-state index contributed by atoms with van der Waals surface area (Å²) in [6.45, 7) is 0.808. The number of amides is 1. The molecule has 1 unspecified atom stereocenters. The molecule has 2 aromatic rings. The van der Waals surface area contributed by atoms with E-state index in [-0.39, 0.29) is 28.5 Å². The van der Waals surface area contributed by atoms with Crippen LogP contribution in [-0.2, 0) is 9.59 Å². The lowest BCUT2D eigenvalue weighted by atomic mass is 9.95. The van der Waals surface area contributed by atoms with E-state index in [2.05, 4.69) is 0 Å². The minimum Gasteiger partial charge on any atom is -0.507 e. The van der Waals surface area contributed by atoms with Gasteiger partial charge in [-0.15, -0.1) is 0 Å². The van der Waals surface area contributed by atoms with E-state index in [0.29, 0.717) is 17.1 Å². The maximum absolute atomic E-state index is 12.9. The minimum atomic E-state index is -0.819. The second-order valence-electron chi connectivity index (χ2n) is 7.01. The van der Waals surface area contributed by atoms with Crippen molar-refractivity contribution in [2.45, 2.75) is 6.04 Å². The maximum atomic E-state index is 12.9. The van der Waals surface area contributed by atoms with Gasteiger partial charge in [-0.25, -0.2) is 0 Å². The van der Waals surface area contributed by atoms with E-state index >= 15 is 0 Å². The number of aliphatic hydroxyl groups excluding tert-OH is 1. The normalized spacial score (nSPS) is 18.7. The van der Waals surface area contributed by atoms with Gasteiger partial charge in [-0.3, -0.25) is 9.59 Å². The molecule has 0 aliphatic carbocycles. The van der Waals surface area contributed by atoms with Gasteiger partial charge in [-0.1, -0.05) is 35.3 Å². The third kappa shape index (κ3) is 4.24. The second-order valence-corrected chi connectivity index (χ2v) is 7.88. The lowest BCUT2D eigenvalue weighted by Gasteiger charge is -2.26. The van der Waals surface area contributed by atoms with Crippen LogP contribution in [0.25, 0.3) is 5.76 Å². The number of benzene rings is 2. The Morgan fingerprint density at radius 2 is 1.69 bits per heavy atom. The minimum absolute atomic E-state index is 0.0120. The van der Waals surface area contributed by atoms with Gasteiger partial charge in [0.15, 0.2) is 0 Å². The van der Waals surface area contributed by atoms with Gasteiger partial charge in [-0.2, -0.15) is 0 Å². The zero-order valence-electron chi connectivity index (χ0n) is 15.9. The molecule has 2 aromatic carbocycles. The number of halogens is 2. The summed E-state index contributed by atoms with van der Waals surface area (Å²) in [5, 5.41) is 21.9. The molecule has 8 heteroatoms. The molecule has 1 aliphatic rings. The Labute approximate surface area is 178 Å². The van der Waals surface area contributed by atoms with Crippen molar-refractivity contribution in [1.29, 1.82) is 0 Å². The first-order valence-corrected chi connectivity index (χ1v) is 9.63. The van der Waals surface area contributed by atoms with Crippen LogP contribution in [0.2, 0.25) is 10.0 Å².